The second-order valence-electron chi connectivity index (χ2n) is 9.55. The molecule has 6 heteroatoms. The van der Waals surface area contributed by atoms with Gasteiger partial charge >= 0.3 is 0 Å². The number of benzene rings is 3. The second-order valence-corrected chi connectivity index (χ2v) is 10.4. The van der Waals surface area contributed by atoms with E-state index in [2.05, 4.69) is 5.32 Å². The molecule has 0 fully saturated rings. The van der Waals surface area contributed by atoms with Gasteiger partial charge in [-0.15, -0.1) is 0 Å². The molecule has 36 heavy (non-hydrogen) atoms. The van der Waals surface area contributed by atoms with Crippen LogP contribution in [0, 0.1) is 12.8 Å². The molecule has 2 amide bonds. The minimum absolute atomic E-state index is 0.118. The van der Waals surface area contributed by atoms with Gasteiger partial charge in [-0.2, -0.15) is 0 Å². The Labute approximate surface area is 224 Å². The van der Waals surface area contributed by atoms with Gasteiger partial charge in [0.15, 0.2) is 0 Å². The van der Waals surface area contributed by atoms with Crippen LogP contribution in [0.15, 0.2) is 72.8 Å². The van der Waals surface area contributed by atoms with Crippen molar-refractivity contribution in [1.82, 2.24) is 10.2 Å². The number of hydrogen-bond acceptors (Lipinski definition) is 2. The van der Waals surface area contributed by atoms with E-state index in [0.29, 0.717) is 35.0 Å². The molecule has 1 N–H and O–H groups in total. The standard InChI is InChI=1S/C30H34Cl2N2O2/c1-21(2)19-33-30(36)28(18-24-8-5-4-6-9-24)34(20-25-26(31)10-7-11-27(25)32)29(35)17-16-23-14-12-22(3)13-15-23/h4-15,21,28H,16-20H2,1-3H3,(H,33,36)/t28-/m0/s1. The smallest absolute Gasteiger partial charge is 0.243 e. The van der Waals surface area contributed by atoms with Crippen LogP contribution in [0.2, 0.25) is 10.0 Å². The van der Waals surface area contributed by atoms with Gasteiger partial charge in [0.1, 0.15) is 6.04 Å². The van der Waals surface area contributed by atoms with Gasteiger partial charge in [0.25, 0.3) is 0 Å². The largest absolute Gasteiger partial charge is 0.354 e. The van der Waals surface area contributed by atoms with Crippen molar-refractivity contribution in [3.63, 3.8) is 0 Å². The summed E-state index contributed by atoms with van der Waals surface area (Å²) in [5.74, 6) is -0.0124. The SMILES string of the molecule is Cc1ccc(CCC(=O)N(Cc2c(Cl)cccc2Cl)[C@@H](Cc2ccccc2)C(=O)NCC(C)C)cc1. The highest BCUT2D eigenvalue weighted by molar-refractivity contribution is 6.36. The Morgan fingerprint density at radius 3 is 2.11 bits per heavy atom. The number of nitrogens with zero attached hydrogens (tertiary/aromatic N) is 1. The van der Waals surface area contributed by atoms with Crippen molar-refractivity contribution in [2.45, 2.75) is 52.6 Å². The van der Waals surface area contributed by atoms with Crippen LogP contribution in [0.25, 0.3) is 0 Å². The Hall–Kier alpha value is -2.82. The summed E-state index contributed by atoms with van der Waals surface area (Å²) in [6.45, 7) is 6.80. The Kier molecular flexibility index (Phi) is 10.4. The van der Waals surface area contributed by atoms with Gasteiger partial charge in [-0.1, -0.05) is 103 Å². The Morgan fingerprint density at radius 1 is 0.861 bits per heavy atom. The molecule has 0 bridgehead atoms. The van der Waals surface area contributed by atoms with Gasteiger partial charge in [0, 0.05) is 41.5 Å². The lowest BCUT2D eigenvalue weighted by Gasteiger charge is -2.32. The van der Waals surface area contributed by atoms with Crippen LogP contribution in [-0.2, 0) is 29.0 Å². The predicted molar refractivity (Wildman–Crippen MR) is 148 cm³/mol. The van der Waals surface area contributed by atoms with E-state index in [1.54, 1.807) is 23.1 Å². The number of nitrogens with one attached hydrogen (secondary N) is 1. The molecular weight excluding hydrogens is 491 g/mol. The first-order valence-corrected chi connectivity index (χ1v) is 13.1. The number of carbonyl (C=O) groups is 2. The molecule has 1 atom stereocenters. The van der Waals surface area contributed by atoms with E-state index < -0.39 is 6.04 Å². The molecule has 0 saturated carbocycles. The topological polar surface area (TPSA) is 49.4 Å². The average Bonchev–Trinajstić information content (AvgIpc) is 2.86. The van der Waals surface area contributed by atoms with Crippen molar-refractivity contribution < 1.29 is 9.59 Å². The van der Waals surface area contributed by atoms with Gasteiger partial charge in [-0.25, -0.2) is 0 Å². The van der Waals surface area contributed by atoms with Crippen LogP contribution in [0.4, 0.5) is 0 Å². The van der Waals surface area contributed by atoms with Gasteiger partial charge in [-0.3, -0.25) is 9.59 Å². The number of halogens is 2. The van der Waals surface area contributed by atoms with E-state index >= 15 is 0 Å². The Bertz CT molecular complexity index is 1130. The minimum atomic E-state index is -0.705. The summed E-state index contributed by atoms with van der Waals surface area (Å²) in [6, 6.07) is 22.5. The van der Waals surface area contributed by atoms with E-state index in [-0.39, 0.29) is 30.7 Å². The minimum Gasteiger partial charge on any atom is -0.354 e. The normalized spacial score (nSPS) is 11.8. The third-order valence-electron chi connectivity index (χ3n) is 6.09. The van der Waals surface area contributed by atoms with Crippen molar-refractivity contribution in [2.75, 3.05) is 6.54 Å². The van der Waals surface area contributed by atoms with Crippen LogP contribution < -0.4 is 5.32 Å². The number of hydrogen-bond donors (Lipinski definition) is 1. The molecule has 0 radical (unpaired) electrons. The fraction of sp³-hybridized carbons (Fsp3) is 0.333. The lowest BCUT2D eigenvalue weighted by atomic mass is 10.0. The highest BCUT2D eigenvalue weighted by Gasteiger charge is 2.31. The maximum atomic E-state index is 13.7. The van der Waals surface area contributed by atoms with Crippen LogP contribution in [0.3, 0.4) is 0 Å². The fourth-order valence-corrected chi connectivity index (χ4v) is 4.50. The molecule has 190 valence electrons. The number of rotatable bonds is 11. The van der Waals surface area contributed by atoms with Gasteiger partial charge in [0.05, 0.1) is 0 Å². The van der Waals surface area contributed by atoms with E-state index in [9.17, 15) is 9.59 Å². The first-order chi connectivity index (χ1) is 17.2. The average molecular weight is 526 g/mol. The summed E-state index contributed by atoms with van der Waals surface area (Å²) < 4.78 is 0. The summed E-state index contributed by atoms with van der Waals surface area (Å²) >= 11 is 13.0. The van der Waals surface area contributed by atoms with E-state index in [0.717, 1.165) is 11.1 Å². The summed E-state index contributed by atoms with van der Waals surface area (Å²) in [6.07, 6.45) is 1.24. The third kappa shape index (κ3) is 8.11. The molecule has 0 aliphatic rings. The number of carbonyl (C=O) groups excluding carboxylic acids is 2. The molecule has 3 aromatic rings. The molecule has 0 aromatic heterocycles. The maximum Gasteiger partial charge on any atom is 0.243 e. The van der Waals surface area contributed by atoms with Crippen LogP contribution in [0.1, 0.15) is 42.5 Å². The zero-order valence-corrected chi connectivity index (χ0v) is 22.6. The quantitative estimate of drug-likeness (QED) is 0.305. The molecule has 0 heterocycles. The molecule has 0 spiro atoms. The van der Waals surface area contributed by atoms with Crippen molar-refractivity contribution in [1.29, 1.82) is 0 Å². The number of aryl methyl sites for hydroxylation is 2. The Balaban J connectivity index is 1.94. The van der Waals surface area contributed by atoms with Gasteiger partial charge in [0.2, 0.25) is 11.8 Å². The van der Waals surface area contributed by atoms with Gasteiger partial charge in [-0.05, 0) is 42.5 Å². The van der Waals surface area contributed by atoms with Crippen LogP contribution >= 0.6 is 23.2 Å². The highest BCUT2D eigenvalue weighted by Crippen LogP contribution is 2.27. The molecule has 0 aliphatic heterocycles. The molecule has 3 rings (SSSR count). The summed E-state index contributed by atoms with van der Waals surface area (Å²) in [7, 11) is 0. The molecule has 0 aliphatic carbocycles. The van der Waals surface area contributed by atoms with E-state index in [1.807, 2.05) is 75.4 Å². The van der Waals surface area contributed by atoms with Crippen molar-refractivity contribution >= 4 is 35.0 Å². The second kappa shape index (κ2) is 13.5. The fourth-order valence-electron chi connectivity index (χ4n) is 3.98. The van der Waals surface area contributed by atoms with Crippen molar-refractivity contribution in [2.24, 2.45) is 5.92 Å². The first-order valence-electron chi connectivity index (χ1n) is 12.3. The molecule has 0 saturated heterocycles. The predicted octanol–water partition coefficient (Wildman–Crippen LogP) is 6.65. The summed E-state index contributed by atoms with van der Waals surface area (Å²) in [5, 5.41) is 3.98. The molecule has 0 unspecified atom stereocenters. The first kappa shape index (κ1) is 27.8. The molecular formula is C30H34Cl2N2O2. The number of amides is 2. The van der Waals surface area contributed by atoms with E-state index in [1.165, 1.54) is 5.56 Å². The van der Waals surface area contributed by atoms with Crippen LogP contribution in [-0.4, -0.2) is 29.3 Å². The third-order valence-corrected chi connectivity index (χ3v) is 6.80. The zero-order valence-electron chi connectivity index (χ0n) is 21.1. The van der Waals surface area contributed by atoms with Gasteiger partial charge < -0.3 is 10.2 Å². The molecule has 3 aromatic carbocycles. The zero-order chi connectivity index (χ0) is 26.1. The van der Waals surface area contributed by atoms with Crippen molar-refractivity contribution in [3.8, 4) is 0 Å². The maximum absolute atomic E-state index is 13.7. The van der Waals surface area contributed by atoms with Crippen molar-refractivity contribution in [3.05, 3.63) is 105 Å². The van der Waals surface area contributed by atoms with Crippen LogP contribution in [0.5, 0.6) is 0 Å². The lowest BCUT2D eigenvalue weighted by molar-refractivity contribution is -0.141. The summed E-state index contributed by atoms with van der Waals surface area (Å²) in [4.78, 5) is 28.9. The van der Waals surface area contributed by atoms with E-state index in [4.69, 9.17) is 23.2 Å². The lowest BCUT2D eigenvalue weighted by Crippen LogP contribution is -2.51. The monoisotopic (exact) mass is 524 g/mol. The Morgan fingerprint density at radius 2 is 1.50 bits per heavy atom. The summed E-state index contributed by atoms with van der Waals surface area (Å²) in [5.41, 5.74) is 3.86. The molecule has 4 nitrogen and oxygen atoms in total. The highest BCUT2D eigenvalue weighted by atomic mass is 35.5.